The van der Waals surface area contributed by atoms with Crippen LogP contribution in [-0.2, 0) is 30.4 Å². The summed E-state index contributed by atoms with van der Waals surface area (Å²) in [5.41, 5.74) is -1.58. The first-order chi connectivity index (χ1) is 13.9. The highest BCUT2D eigenvalue weighted by molar-refractivity contribution is 5.82. The molecule has 1 amide bonds. The van der Waals surface area contributed by atoms with Gasteiger partial charge in [0.1, 0.15) is 18.7 Å². The van der Waals surface area contributed by atoms with Crippen LogP contribution >= 0.6 is 0 Å². The van der Waals surface area contributed by atoms with E-state index >= 15 is 0 Å². The Kier molecular flexibility index (Phi) is 9.44. The number of aromatic amines is 1. The molecule has 11 heteroatoms. The number of hydrogen-bond acceptors (Lipinski definition) is 8. The van der Waals surface area contributed by atoms with Crippen LogP contribution in [-0.4, -0.2) is 70.7 Å². The van der Waals surface area contributed by atoms with Gasteiger partial charge < -0.3 is 19.7 Å². The Morgan fingerprint density at radius 1 is 1.20 bits per heavy atom. The third kappa shape index (κ3) is 9.03. The number of aryl methyl sites for hydroxylation is 1. The summed E-state index contributed by atoms with van der Waals surface area (Å²) in [7, 11) is 0. The Hall–Kier alpha value is -2.95. The number of nitrogens with zero attached hydrogens (tertiary/aromatic N) is 2. The maximum absolute atomic E-state index is 12.7. The number of aromatic nitrogens is 2. The van der Waals surface area contributed by atoms with Crippen molar-refractivity contribution in [3.05, 3.63) is 32.6 Å². The van der Waals surface area contributed by atoms with Crippen LogP contribution < -0.4 is 16.6 Å². The van der Waals surface area contributed by atoms with Crippen molar-refractivity contribution in [3.8, 4) is 0 Å². The number of carbonyl (C=O) groups is 3. The molecule has 0 atom stereocenters. The molecule has 0 aliphatic carbocycles. The van der Waals surface area contributed by atoms with Gasteiger partial charge in [0.2, 0.25) is 5.91 Å². The lowest BCUT2D eigenvalue weighted by molar-refractivity contribution is -0.153. The average molecular weight is 426 g/mol. The van der Waals surface area contributed by atoms with Crippen LogP contribution in [0.5, 0.6) is 0 Å². The van der Waals surface area contributed by atoms with E-state index in [1.165, 1.54) is 18.0 Å². The summed E-state index contributed by atoms with van der Waals surface area (Å²) in [5, 5.41) is 2.85. The van der Waals surface area contributed by atoms with Crippen LogP contribution in [0.15, 0.2) is 15.8 Å². The Balaban J connectivity index is 2.75. The van der Waals surface area contributed by atoms with Crippen molar-refractivity contribution in [2.75, 3.05) is 32.8 Å². The number of H-pyrrole nitrogens is 1. The Morgan fingerprint density at radius 3 is 2.47 bits per heavy atom. The maximum Gasteiger partial charge on any atom is 0.328 e. The predicted molar refractivity (Wildman–Crippen MR) is 108 cm³/mol. The molecule has 0 unspecified atom stereocenters. The summed E-state index contributed by atoms with van der Waals surface area (Å²) < 4.78 is 11.1. The second-order valence-corrected chi connectivity index (χ2v) is 7.58. The van der Waals surface area contributed by atoms with Crippen molar-refractivity contribution < 1.29 is 23.9 Å². The summed E-state index contributed by atoms with van der Waals surface area (Å²) in [4.78, 5) is 63.0. The fraction of sp³-hybridized carbons (Fsp3) is 0.632. The zero-order chi connectivity index (χ0) is 22.9. The number of rotatable bonds is 10. The largest absolute Gasteiger partial charge is 0.465 e. The topological polar surface area (TPSA) is 140 Å². The van der Waals surface area contributed by atoms with Gasteiger partial charge in [-0.25, -0.2) is 4.79 Å². The molecule has 0 saturated heterocycles. The molecular weight excluding hydrogens is 396 g/mol. The number of ether oxygens (including phenoxy) is 2. The summed E-state index contributed by atoms with van der Waals surface area (Å²) in [6, 6.07) is 0. The van der Waals surface area contributed by atoms with E-state index in [-0.39, 0.29) is 44.9 Å². The first-order valence-electron chi connectivity index (χ1n) is 9.59. The molecule has 30 heavy (non-hydrogen) atoms. The smallest absolute Gasteiger partial charge is 0.328 e. The normalized spacial score (nSPS) is 11.1. The van der Waals surface area contributed by atoms with Crippen molar-refractivity contribution >= 4 is 17.8 Å². The van der Waals surface area contributed by atoms with E-state index in [1.807, 2.05) is 0 Å². The maximum atomic E-state index is 12.7. The second kappa shape index (κ2) is 11.3. The van der Waals surface area contributed by atoms with Gasteiger partial charge in [-0.1, -0.05) is 0 Å². The predicted octanol–water partition coefficient (Wildman–Crippen LogP) is -0.832. The molecule has 11 nitrogen and oxygen atoms in total. The molecule has 0 aliphatic heterocycles. The highest BCUT2D eigenvalue weighted by Crippen LogP contribution is 2.06. The SMILES string of the molecule is CCOC(=O)CN(CCNCC(=O)OC(C)(C)C)C(=O)Cn1cc(C)c(=O)[nH]c1=O. The molecule has 1 heterocycles. The molecule has 0 spiro atoms. The monoisotopic (exact) mass is 426 g/mol. The van der Waals surface area contributed by atoms with Crippen molar-refractivity contribution in [1.82, 2.24) is 19.8 Å². The minimum atomic E-state index is -0.724. The zero-order valence-electron chi connectivity index (χ0n) is 18.1. The lowest BCUT2D eigenvalue weighted by atomic mass is 10.2. The van der Waals surface area contributed by atoms with E-state index in [2.05, 4.69) is 10.3 Å². The van der Waals surface area contributed by atoms with Gasteiger partial charge in [0.05, 0.1) is 13.2 Å². The molecular formula is C19H30N4O7. The highest BCUT2D eigenvalue weighted by Gasteiger charge is 2.20. The molecule has 168 valence electrons. The molecule has 0 saturated carbocycles. The van der Waals surface area contributed by atoms with Gasteiger partial charge in [0.15, 0.2) is 0 Å². The minimum absolute atomic E-state index is 0.0583. The Morgan fingerprint density at radius 2 is 1.87 bits per heavy atom. The van der Waals surface area contributed by atoms with Crippen LogP contribution in [0.1, 0.15) is 33.3 Å². The molecule has 0 radical (unpaired) electrons. The Bertz CT molecular complexity index is 867. The minimum Gasteiger partial charge on any atom is -0.465 e. The third-order valence-electron chi connectivity index (χ3n) is 3.72. The van der Waals surface area contributed by atoms with Crippen LogP contribution in [0.3, 0.4) is 0 Å². The zero-order valence-corrected chi connectivity index (χ0v) is 18.1. The molecule has 2 N–H and O–H groups in total. The van der Waals surface area contributed by atoms with Crippen molar-refractivity contribution in [2.45, 2.75) is 46.8 Å². The first kappa shape index (κ1) is 25.1. The highest BCUT2D eigenvalue weighted by atomic mass is 16.6. The molecule has 1 aromatic heterocycles. The van der Waals surface area contributed by atoms with E-state index < -0.39 is 34.7 Å². The van der Waals surface area contributed by atoms with Crippen LogP contribution in [0.25, 0.3) is 0 Å². The second-order valence-electron chi connectivity index (χ2n) is 7.58. The van der Waals surface area contributed by atoms with E-state index in [0.717, 1.165) is 4.57 Å². The number of esters is 2. The fourth-order valence-electron chi connectivity index (χ4n) is 2.42. The van der Waals surface area contributed by atoms with Gasteiger partial charge in [0.25, 0.3) is 5.56 Å². The Labute approximate surface area is 174 Å². The first-order valence-corrected chi connectivity index (χ1v) is 9.59. The van der Waals surface area contributed by atoms with Crippen molar-refractivity contribution in [3.63, 3.8) is 0 Å². The lowest BCUT2D eigenvalue weighted by Gasteiger charge is -2.23. The average Bonchev–Trinajstić information content (AvgIpc) is 2.60. The quantitative estimate of drug-likeness (QED) is 0.365. The standard InChI is InChI=1S/C19H30N4O7/c1-6-29-16(26)12-22(8-7-20-9-15(25)30-19(3,4)5)14(24)11-23-10-13(2)17(27)21-18(23)28/h10,20H,6-9,11-12H2,1-5H3,(H,21,27,28). The summed E-state index contributed by atoms with van der Waals surface area (Å²) in [6.07, 6.45) is 1.28. The van der Waals surface area contributed by atoms with Gasteiger partial charge >= 0.3 is 17.6 Å². The third-order valence-corrected chi connectivity index (χ3v) is 3.72. The lowest BCUT2D eigenvalue weighted by Crippen LogP contribution is -2.44. The van der Waals surface area contributed by atoms with Crippen LogP contribution in [0, 0.1) is 6.92 Å². The van der Waals surface area contributed by atoms with Gasteiger partial charge in [0, 0.05) is 24.8 Å². The van der Waals surface area contributed by atoms with Crippen LogP contribution in [0.4, 0.5) is 0 Å². The fourth-order valence-corrected chi connectivity index (χ4v) is 2.42. The molecule has 0 fully saturated rings. The molecule has 0 bridgehead atoms. The van der Waals surface area contributed by atoms with E-state index in [4.69, 9.17) is 9.47 Å². The van der Waals surface area contributed by atoms with E-state index in [0.29, 0.717) is 0 Å². The number of nitrogens with one attached hydrogen (secondary N) is 2. The van der Waals surface area contributed by atoms with Gasteiger partial charge in [-0.05, 0) is 34.6 Å². The molecule has 1 aromatic rings. The number of amides is 1. The number of carbonyl (C=O) groups excluding carboxylic acids is 3. The van der Waals surface area contributed by atoms with Crippen molar-refractivity contribution in [1.29, 1.82) is 0 Å². The van der Waals surface area contributed by atoms with Crippen LogP contribution in [0.2, 0.25) is 0 Å². The molecule has 0 aliphatic rings. The molecule has 1 rings (SSSR count). The summed E-state index contributed by atoms with van der Waals surface area (Å²) >= 11 is 0. The summed E-state index contributed by atoms with van der Waals surface area (Å²) in [6.45, 7) is 8.17. The van der Waals surface area contributed by atoms with E-state index in [1.54, 1.807) is 27.7 Å². The van der Waals surface area contributed by atoms with Gasteiger partial charge in [-0.2, -0.15) is 0 Å². The summed E-state index contributed by atoms with van der Waals surface area (Å²) in [5.74, 6) is -1.56. The number of hydrogen-bond donors (Lipinski definition) is 2. The van der Waals surface area contributed by atoms with Gasteiger partial charge in [-0.15, -0.1) is 0 Å². The molecule has 0 aromatic carbocycles. The van der Waals surface area contributed by atoms with E-state index in [9.17, 15) is 24.0 Å². The van der Waals surface area contributed by atoms with Crippen molar-refractivity contribution in [2.24, 2.45) is 0 Å². The van der Waals surface area contributed by atoms with Gasteiger partial charge in [-0.3, -0.25) is 28.7 Å².